The minimum Gasteiger partial charge on any atom is -0.494 e. The van der Waals surface area contributed by atoms with Crippen LogP contribution in [0.25, 0.3) is 11.0 Å². The van der Waals surface area contributed by atoms with E-state index in [0.717, 1.165) is 5.52 Å². The molecule has 1 aliphatic carbocycles. The molecule has 9 heteroatoms. The molecule has 1 saturated carbocycles. The van der Waals surface area contributed by atoms with E-state index >= 15 is 0 Å². The largest absolute Gasteiger partial charge is 0.494 e. The van der Waals surface area contributed by atoms with Crippen molar-refractivity contribution in [2.75, 3.05) is 7.11 Å². The van der Waals surface area contributed by atoms with Crippen LogP contribution < -0.4 is 15.4 Å². The van der Waals surface area contributed by atoms with Crippen LogP contribution in [-0.2, 0) is 6.42 Å². The second kappa shape index (κ2) is 9.52. The van der Waals surface area contributed by atoms with Crippen molar-refractivity contribution >= 4 is 17.1 Å². The van der Waals surface area contributed by atoms with Crippen molar-refractivity contribution in [2.45, 2.75) is 50.3 Å². The number of aliphatic hydroxyl groups is 1. The molecule has 32 heavy (non-hydrogen) atoms. The SMILES string of the molecule is COc1ccc(CC(NC(=O)N[C@H]2CC[C@H](O)CC2)c2nc3ccccc3[nH]2)c(F)c1F. The van der Waals surface area contributed by atoms with Crippen molar-refractivity contribution in [3.63, 3.8) is 0 Å². The zero-order valence-corrected chi connectivity index (χ0v) is 17.7. The molecule has 0 radical (unpaired) electrons. The third-order valence-corrected chi connectivity index (χ3v) is 5.85. The standard InChI is InChI=1S/C23H26F2N4O3/c1-32-19-11-6-13(20(24)21(19)25)12-18(22-27-16-4-2-3-5-17(16)28-22)29-23(31)26-14-7-9-15(30)10-8-14/h2-6,11,14-15,18,30H,7-10,12H2,1H3,(H,27,28)(H2,26,29,31)/t14-,15-,18?. The summed E-state index contributed by atoms with van der Waals surface area (Å²) in [4.78, 5) is 20.4. The van der Waals surface area contributed by atoms with Gasteiger partial charge in [-0.2, -0.15) is 4.39 Å². The summed E-state index contributed by atoms with van der Waals surface area (Å²) in [6, 6.07) is 8.98. The van der Waals surface area contributed by atoms with Gasteiger partial charge in [0.05, 0.1) is 30.3 Å². The Morgan fingerprint density at radius 1 is 1.19 bits per heavy atom. The Balaban J connectivity index is 1.57. The molecular formula is C23H26F2N4O3. The minimum atomic E-state index is -1.07. The van der Waals surface area contributed by atoms with E-state index in [1.165, 1.54) is 19.2 Å². The first-order chi connectivity index (χ1) is 15.4. The van der Waals surface area contributed by atoms with Gasteiger partial charge in [-0.3, -0.25) is 0 Å². The number of hydrogen-bond acceptors (Lipinski definition) is 4. The second-order valence-electron chi connectivity index (χ2n) is 8.07. The van der Waals surface area contributed by atoms with Crippen molar-refractivity contribution in [3.05, 3.63) is 59.4 Å². The van der Waals surface area contributed by atoms with Gasteiger partial charge in [0.15, 0.2) is 11.6 Å². The van der Waals surface area contributed by atoms with Crippen molar-refractivity contribution in [1.29, 1.82) is 0 Å². The molecule has 1 aromatic heterocycles. The highest BCUT2D eigenvalue weighted by molar-refractivity contribution is 5.76. The smallest absolute Gasteiger partial charge is 0.315 e. The van der Waals surface area contributed by atoms with Crippen molar-refractivity contribution in [1.82, 2.24) is 20.6 Å². The van der Waals surface area contributed by atoms with Gasteiger partial charge in [-0.1, -0.05) is 18.2 Å². The second-order valence-corrected chi connectivity index (χ2v) is 8.07. The van der Waals surface area contributed by atoms with Crippen LogP contribution in [0.15, 0.2) is 36.4 Å². The lowest BCUT2D eigenvalue weighted by atomic mass is 9.93. The first kappa shape index (κ1) is 22.0. The van der Waals surface area contributed by atoms with E-state index in [9.17, 15) is 18.7 Å². The summed E-state index contributed by atoms with van der Waals surface area (Å²) in [5.41, 5.74) is 1.57. The van der Waals surface area contributed by atoms with Crippen LogP contribution in [0.5, 0.6) is 5.75 Å². The van der Waals surface area contributed by atoms with Gasteiger partial charge in [-0.15, -0.1) is 0 Å². The molecule has 2 aromatic carbocycles. The highest BCUT2D eigenvalue weighted by Gasteiger charge is 2.25. The number of aromatic nitrogens is 2. The summed E-state index contributed by atoms with van der Waals surface area (Å²) in [5.74, 6) is -1.83. The Bertz CT molecular complexity index is 1060. The predicted molar refractivity (Wildman–Crippen MR) is 115 cm³/mol. The van der Waals surface area contributed by atoms with Crippen LogP contribution in [0.1, 0.15) is 43.1 Å². The number of fused-ring (bicyclic) bond motifs is 1. The lowest BCUT2D eigenvalue weighted by Crippen LogP contribution is -2.45. The summed E-state index contributed by atoms with van der Waals surface area (Å²) in [7, 11) is 1.27. The summed E-state index contributed by atoms with van der Waals surface area (Å²) in [5, 5.41) is 15.4. The Morgan fingerprint density at radius 2 is 1.94 bits per heavy atom. The zero-order valence-electron chi connectivity index (χ0n) is 17.7. The molecule has 0 spiro atoms. The van der Waals surface area contributed by atoms with Gasteiger partial charge in [0.2, 0.25) is 5.82 Å². The fraction of sp³-hybridized carbons (Fsp3) is 0.391. The molecule has 4 rings (SSSR count). The monoisotopic (exact) mass is 444 g/mol. The van der Waals surface area contributed by atoms with E-state index in [-0.39, 0.29) is 29.9 Å². The molecule has 1 heterocycles. The molecule has 0 saturated heterocycles. The summed E-state index contributed by atoms with van der Waals surface area (Å²) in [6.45, 7) is 0. The Hall–Kier alpha value is -3.20. The summed E-state index contributed by atoms with van der Waals surface area (Å²) >= 11 is 0. The number of para-hydroxylation sites is 2. The van der Waals surface area contributed by atoms with Gasteiger partial charge in [-0.05, 0) is 49.4 Å². The van der Waals surface area contributed by atoms with E-state index < -0.39 is 23.7 Å². The number of aliphatic hydroxyl groups excluding tert-OH is 1. The number of methoxy groups -OCH3 is 1. The molecule has 170 valence electrons. The van der Waals surface area contributed by atoms with E-state index in [1.807, 2.05) is 24.3 Å². The molecule has 4 N–H and O–H groups in total. The number of ether oxygens (including phenoxy) is 1. The maximum atomic E-state index is 14.6. The number of carbonyl (C=O) groups excluding carboxylic acids is 1. The predicted octanol–water partition coefficient (Wildman–Crippen LogP) is 3.74. The van der Waals surface area contributed by atoms with E-state index in [4.69, 9.17) is 4.74 Å². The Kier molecular flexibility index (Phi) is 6.55. The summed E-state index contributed by atoms with van der Waals surface area (Å²) in [6.07, 6.45) is 2.29. The number of benzene rings is 2. The molecular weight excluding hydrogens is 418 g/mol. The van der Waals surface area contributed by atoms with Gasteiger partial charge in [0.1, 0.15) is 5.82 Å². The quantitative estimate of drug-likeness (QED) is 0.466. The molecule has 1 atom stereocenters. The molecule has 1 aliphatic rings. The molecule has 0 aliphatic heterocycles. The number of rotatable bonds is 6. The number of carbonyl (C=O) groups is 1. The minimum absolute atomic E-state index is 0.0105. The average molecular weight is 444 g/mol. The van der Waals surface area contributed by atoms with E-state index in [1.54, 1.807) is 0 Å². The van der Waals surface area contributed by atoms with Crippen molar-refractivity contribution < 1.29 is 23.4 Å². The number of nitrogens with zero attached hydrogens (tertiary/aromatic N) is 1. The topological polar surface area (TPSA) is 99.3 Å². The summed E-state index contributed by atoms with van der Waals surface area (Å²) < 4.78 is 33.7. The van der Waals surface area contributed by atoms with E-state index in [0.29, 0.717) is 37.0 Å². The van der Waals surface area contributed by atoms with Crippen LogP contribution in [0.3, 0.4) is 0 Å². The highest BCUT2D eigenvalue weighted by Crippen LogP contribution is 2.27. The number of H-pyrrole nitrogens is 1. The molecule has 1 unspecified atom stereocenters. The average Bonchev–Trinajstić information content (AvgIpc) is 3.22. The fourth-order valence-electron chi connectivity index (χ4n) is 4.07. The van der Waals surface area contributed by atoms with Crippen LogP contribution in [0, 0.1) is 11.6 Å². The van der Waals surface area contributed by atoms with E-state index in [2.05, 4.69) is 20.6 Å². The normalized spacial score (nSPS) is 19.5. The lowest BCUT2D eigenvalue weighted by molar-refractivity contribution is 0.117. The first-order valence-corrected chi connectivity index (χ1v) is 10.6. The van der Waals surface area contributed by atoms with Crippen molar-refractivity contribution in [3.8, 4) is 5.75 Å². The number of hydrogen-bond donors (Lipinski definition) is 4. The van der Waals surface area contributed by atoms with Gasteiger partial charge in [-0.25, -0.2) is 14.2 Å². The zero-order chi connectivity index (χ0) is 22.7. The fourth-order valence-corrected chi connectivity index (χ4v) is 4.07. The number of amides is 2. The molecule has 2 amide bonds. The van der Waals surface area contributed by atoms with Gasteiger partial charge < -0.3 is 25.5 Å². The van der Waals surface area contributed by atoms with Crippen molar-refractivity contribution in [2.24, 2.45) is 0 Å². The van der Waals surface area contributed by atoms with Crippen LogP contribution in [-0.4, -0.2) is 40.4 Å². The number of urea groups is 1. The van der Waals surface area contributed by atoms with Crippen LogP contribution in [0.4, 0.5) is 13.6 Å². The van der Waals surface area contributed by atoms with Gasteiger partial charge >= 0.3 is 6.03 Å². The molecule has 7 nitrogen and oxygen atoms in total. The van der Waals surface area contributed by atoms with Gasteiger partial charge in [0, 0.05) is 12.5 Å². The number of halogens is 2. The first-order valence-electron chi connectivity index (χ1n) is 10.6. The Morgan fingerprint density at radius 3 is 2.66 bits per heavy atom. The number of aromatic amines is 1. The molecule has 3 aromatic rings. The third-order valence-electron chi connectivity index (χ3n) is 5.85. The van der Waals surface area contributed by atoms with Gasteiger partial charge in [0.25, 0.3) is 0 Å². The number of nitrogens with one attached hydrogen (secondary N) is 3. The Labute approximate surface area is 184 Å². The van der Waals surface area contributed by atoms with Crippen LogP contribution >= 0.6 is 0 Å². The third kappa shape index (κ3) is 4.83. The highest BCUT2D eigenvalue weighted by atomic mass is 19.2. The maximum absolute atomic E-state index is 14.6. The van der Waals surface area contributed by atoms with Crippen LogP contribution in [0.2, 0.25) is 0 Å². The maximum Gasteiger partial charge on any atom is 0.315 e. The molecule has 0 bridgehead atoms. The lowest BCUT2D eigenvalue weighted by Gasteiger charge is -2.27. The molecule has 1 fully saturated rings. The number of imidazole rings is 1.